The third-order valence-corrected chi connectivity index (χ3v) is 6.96. The number of fused-ring (bicyclic) bond motifs is 1. The average Bonchev–Trinajstić information content (AvgIpc) is 3.43. The molecule has 13 heteroatoms. The van der Waals surface area contributed by atoms with E-state index in [2.05, 4.69) is 30.6 Å². The summed E-state index contributed by atoms with van der Waals surface area (Å²) in [5.74, 6) is 0.850. The van der Waals surface area contributed by atoms with Gasteiger partial charge in [-0.05, 0) is 37.1 Å². The number of hydrogen-bond donors (Lipinski definition) is 3. The van der Waals surface area contributed by atoms with E-state index in [9.17, 15) is 14.3 Å². The maximum atomic E-state index is 13.4. The molecule has 0 bridgehead atoms. The SMILES string of the molecule is COc1cc2c(Nc3cnn(CC(=O)Nc4cccc(F)c4)c3)ncnc2cc1OCCN(CCO)C1CCOCC1. The van der Waals surface area contributed by atoms with Gasteiger partial charge >= 0.3 is 0 Å². The summed E-state index contributed by atoms with van der Waals surface area (Å²) < 4.78 is 32.1. The number of carbonyl (C=O) groups is 1. The number of nitrogens with zero attached hydrogens (tertiary/aromatic N) is 5. The molecule has 42 heavy (non-hydrogen) atoms. The van der Waals surface area contributed by atoms with Crippen molar-refractivity contribution in [3.8, 4) is 11.5 Å². The van der Waals surface area contributed by atoms with Crippen LogP contribution in [0, 0.1) is 5.82 Å². The molecule has 222 valence electrons. The van der Waals surface area contributed by atoms with Gasteiger partial charge in [0, 0.05) is 55.7 Å². The third kappa shape index (κ3) is 7.49. The molecule has 0 spiro atoms. The molecule has 1 amide bonds. The number of nitrogens with one attached hydrogen (secondary N) is 2. The minimum atomic E-state index is -0.430. The fourth-order valence-electron chi connectivity index (χ4n) is 4.93. The standard InChI is InChI=1S/C29H34FN7O5/c1-40-26-14-24-25(15-27(26)42-12-8-36(7-9-38)23-5-10-41-11-6-23)31-19-32-29(24)35-22-16-33-37(17-22)18-28(39)34-21-4-2-3-20(30)13-21/h2-4,13-17,19,23,38H,5-12,18H2,1H3,(H,34,39)(H,31,32,35). The average molecular weight is 580 g/mol. The number of ether oxygens (including phenoxy) is 3. The normalized spacial score (nSPS) is 13.8. The van der Waals surface area contributed by atoms with E-state index >= 15 is 0 Å². The molecule has 0 aliphatic carbocycles. The fraction of sp³-hybridized carbons (Fsp3) is 0.379. The van der Waals surface area contributed by atoms with Gasteiger partial charge in [0.05, 0.1) is 31.1 Å². The van der Waals surface area contributed by atoms with Crippen LogP contribution < -0.4 is 20.1 Å². The summed E-state index contributed by atoms with van der Waals surface area (Å²) in [6.45, 7) is 3.16. The molecule has 1 saturated heterocycles. The van der Waals surface area contributed by atoms with Crippen LogP contribution in [-0.4, -0.2) is 88.3 Å². The van der Waals surface area contributed by atoms with Crippen LogP contribution in [0.25, 0.3) is 10.9 Å². The molecule has 12 nitrogen and oxygen atoms in total. The Morgan fingerprint density at radius 3 is 2.81 bits per heavy atom. The second-order valence-corrected chi connectivity index (χ2v) is 9.80. The molecule has 4 aromatic rings. The minimum absolute atomic E-state index is 0.0541. The third-order valence-electron chi connectivity index (χ3n) is 6.96. The summed E-state index contributed by atoms with van der Waals surface area (Å²) in [7, 11) is 1.57. The van der Waals surface area contributed by atoms with Gasteiger partial charge in [-0.3, -0.25) is 14.4 Å². The highest BCUT2D eigenvalue weighted by Gasteiger charge is 2.21. The zero-order valence-electron chi connectivity index (χ0n) is 23.3. The van der Waals surface area contributed by atoms with Crippen molar-refractivity contribution in [3.63, 3.8) is 0 Å². The van der Waals surface area contributed by atoms with Gasteiger partial charge in [0.15, 0.2) is 11.5 Å². The second kappa shape index (κ2) is 14.0. The Balaban J connectivity index is 1.24. The number of methoxy groups -OCH3 is 1. The van der Waals surface area contributed by atoms with Crippen LogP contribution in [0.2, 0.25) is 0 Å². The van der Waals surface area contributed by atoms with Gasteiger partial charge in [0.1, 0.15) is 31.1 Å². The highest BCUT2D eigenvalue weighted by atomic mass is 19.1. The Morgan fingerprint density at radius 1 is 1.17 bits per heavy atom. The van der Waals surface area contributed by atoms with Crippen molar-refractivity contribution >= 4 is 34.0 Å². The number of aromatic nitrogens is 4. The second-order valence-electron chi connectivity index (χ2n) is 9.80. The molecule has 0 unspecified atom stereocenters. The lowest BCUT2D eigenvalue weighted by atomic mass is 10.1. The Hall–Kier alpha value is -4.33. The van der Waals surface area contributed by atoms with Crippen molar-refractivity contribution in [2.24, 2.45) is 0 Å². The summed E-state index contributed by atoms with van der Waals surface area (Å²) in [4.78, 5) is 23.4. The first-order valence-corrected chi connectivity index (χ1v) is 13.8. The molecule has 2 aromatic carbocycles. The molecule has 3 N–H and O–H groups in total. The monoisotopic (exact) mass is 579 g/mol. The lowest BCUT2D eigenvalue weighted by molar-refractivity contribution is -0.116. The molecule has 0 radical (unpaired) electrons. The number of benzene rings is 2. The van der Waals surface area contributed by atoms with E-state index in [-0.39, 0.29) is 19.1 Å². The van der Waals surface area contributed by atoms with Crippen LogP contribution in [0.4, 0.5) is 21.6 Å². The molecule has 2 aromatic heterocycles. The smallest absolute Gasteiger partial charge is 0.246 e. The van der Waals surface area contributed by atoms with Crippen molar-refractivity contribution in [1.29, 1.82) is 0 Å². The molecule has 1 fully saturated rings. The lowest BCUT2D eigenvalue weighted by Gasteiger charge is -2.33. The first-order chi connectivity index (χ1) is 20.5. The molecule has 1 aliphatic rings. The van der Waals surface area contributed by atoms with Gasteiger partial charge < -0.3 is 30.0 Å². The number of hydrogen-bond acceptors (Lipinski definition) is 10. The van der Waals surface area contributed by atoms with Crippen molar-refractivity contribution in [2.75, 3.05) is 57.3 Å². The van der Waals surface area contributed by atoms with Gasteiger partial charge in [0.25, 0.3) is 0 Å². The van der Waals surface area contributed by atoms with Gasteiger partial charge in [0.2, 0.25) is 5.91 Å². The maximum absolute atomic E-state index is 13.4. The van der Waals surface area contributed by atoms with Crippen molar-refractivity contribution in [3.05, 3.63) is 60.9 Å². The minimum Gasteiger partial charge on any atom is -0.493 e. The summed E-state index contributed by atoms with van der Waals surface area (Å²) in [6.07, 6.45) is 6.57. The van der Waals surface area contributed by atoms with Crippen LogP contribution in [0.15, 0.2) is 55.1 Å². The molecule has 5 rings (SSSR count). The number of carbonyl (C=O) groups excluding carboxylic acids is 1. The summed E-state index contributed by atoms with van der Waals surface area (Å²) >= 11 is 0. The topological polar surface area (TPSA) is 136 Å². The van der Waals surface area contributed by atoms with Gasteiger partial charge in [-0.25, -0.2) is 14.4 Å². The molecule has 0 saturated carbocycles. The number of aliphatic hydroxyl groups excluding tert-OH is 1. The molecular weight excluding hydrogens is 545 g/mol. The highest BCUT2D eigenvalue weighted by molar-refractivity contribution is 5.93. The summed E-state index contributed by atoms with van der Waals surface area (Å²) in [6, 6.07) is 9.68. The fourth-order valence-corrected chi connectivity index (χ4v) is 4.93. The Labute approximate surface area is 242 Å². The van der Waals surface area contributed by atoms with Crippen LogP contribution in [-0.2, 0) is 16.1 Å². The van der Waals surface area contributed by atoms with Gasteiger partial charge in [-0.15, -0.1) is 0 Å². The van der Waals surface area contributed by atoms with Crippen LogP contribution >= 0.6 is 0 Å². The molecule has 1 aliphatic heterocycles. The molecule has 3 heterocycles. The first kappa shape index (κ1) is 29.2. The summed E-state index contributed by atoms with van der Waals surface area (Å²) in [5, 5.41) is 20.4. The zero-order valence-corrected chi connectivity index (χ0v) is 23.3. The quantitative estimate of drug-likeness (QED) is 0.217. The first-order valence-electron chi connectivity index (χ1n) is 13.8. The number of amides is 1. The predicted molar refractivity (Wildman–Crippen MR) is 155 cm³/mol. The molecule has 0 atom stereocenters. The van der Waals surface area contributed by atoms with Gasteiger partial charge in [-0.2, -0.15) is 5.10 Å². The van der Waals surface area contributed by atoms with E-state index in [1.54, 1.807) is 25.6 Å². The number of anilines is 3. The van der Waals surface area contributed by atoms with Crippen LogP contribution in [0.3, 0.4) is 0 Å². The van der Waals surface area contributed by atoms with E-state index in [0.717, 1.165) is 26.1 Å². The maximum Gasteiger partial charge on any atom is 0.246 e. The van der Waals surface area contributed by atoms with E-state index in [4.69, 9.17) is 14.2 Å². The lowest BCUT2D eigenvalue weighted by Crippen LogP contribution is -2.43. The summed E-state index contributed by atoms with van der Waals surface area (Å²) in [5.41, 5.74) is 1.64. The Bertz CT molecular complexity index is 1490. The van der Waals surface area contributed by atoms with Crippen LogP contribution in [0.1, 0.15) is 12.8 Å². The Morgan fingerprint density at radius 2 is 2.02 bits per heavy atom. The van der Waals surface area contributed by atoms with E-state index in [0.29, 0.717) is 65.3 Å². The number of aliphatic hydroxyl groups is 1. The zero-order chi connectivity index (χ0) is 29.3. The van der Waals surface area contributed by atoms with E-state index in [1.807, 2.05) is 12.1 Å². The highest BCUT2D eigenvalue weighted by Crippen LogP contribution is 2.34. The van der Waals surface area contributed by atoms with Gasteiger partial charge in [-0.1, -0.05) is 6.07 Å². The van der Waals surface area contributed by atoms with E-state index in [1.165, 1.54) is 29.2 Å². The largest absolute Gasteiger partial charge is 0.493 e. The van der Waals surface area contributed by atoms with E-state index < -0.39 is 5.82 Å². The van der Waals surface area contributed by atoms with Crippen molar-refractivity contribution < 1.29 is 28.5 Å². The predicted octanol–water partition coefficient (Wildman–Crippen LogP) is 3.21. The van der Waals surface area contributed by atoms with Crippen LogP contribution in [0.5, 0.6) is 11.5 Å². The molecular formula is C29H34FN7O5. The van der Waals surface area contributed by atoms with Crippen molar-refractivity contribution in [2.45, 2.75) is 25.4 Å². The van der Waals surface area contributed by atoms with Crippen molar-refractivity contribution in [1.82, 2.24) is 24.6 Å². The number of rotatable bonds is 13. The Kier molecular flexibility index (Phi) is 9.74. The number of halogens is 1.